The summed E-state index contributed by atoms with van der Waals surface area (Å²) in [6.07, 6.45) is 2.61. The summed E-state index contributed by atoms with van der Waals surface area (Å²) in [6, 6.07) is 6.65. The number of rotatable bonds is 3. The Morgan fingerprint density at radius 1 is 1.37 bits per heavy atom. The van der Waals surface area contributed by atoms with E-state index < -0.39 is 0 Å². The van der Waals surface area contributed by atoms with Gasteiger partial charge in [-0.25, -0.2) is 4.39 Å². The highest BCUT2D eigenvalue weighted by Gasteiger charge is 2.06. The Bertz CT molecular complexity index is 783. The van der Waals surface area contributed by atoms with Gasteiger partial charge in [0.15, 0.2) is 4.77 Å². The molecule has 2 heterocycles. The lowest BCUT2D eigenvalue weighted by Gasteiger charge is -2.05. The molecule has 0 radical (unpaired) electrons. The molecule has 3 aromatic rings. The van der Waals surface area contributed by atoms with Gasteiger partial charge in [-0.3, -0.25) is 4.68 Å². The number of hydrogen-bond acceptors (Lipinski definition) is 2. The lowest BCUT2D eigenvalue weighted by atomic mass is 10.3. The third-order valence-electron chi connectivity index (χ3n) is 3.25. The number of imidazole rings is 1. The Kier molecular flexibility index (Phi) is 2.94. The molecule has 0 atom stereocenters. The first-order chi connectivity index (χ1) is 9.15. The van der Waals surface area contributed by atoms with Crippen molar-refractivity contribution in [2.75, 3.05) is 0 Å². The van der Waals surface area contributed by atoms with Gasteiger partial charge >= 0.3 is 0 Å². The van der Waals surface area contributed by atoms with Crippen LogP contribution in [0.25, 0.3) is 11.0 Å². The van der Waals surface area contributed by atoms with E-state index in [1.165, 1.54) is 12.1 Å². The van der Waals surface area contributed by atoms with Gasteiger partial charge in [-0.15, -0.1) is 0 Å². The first-order valence-corrected chi connectivity index (χ1v) is 6.41. The molecule has 0 spiro atoms. The van der Waals surface area contributed by atoms with Crippen LogP contribution >= 0.6 is 12.2 Å². The van der Waals surface area contributed by atoms with E-state index in [-0.39, 0.29) is 5.82 Å². The molecule has 0 aliphatic rings. The van der Waals surface area contributed by atoms with Crippen LogP contribution in [0, 0.1) is 10.6 Å². The van der Waals surface area contributed by atoms with Gasteiger partial charge in [-0.05, 0) is 36.5 Å². The van der Waals surface area contributed by atoms with Crippen molar-refractivity contribution in [1.29, 1.82) is 0 Å². The number of aryl methyl sites for hydroxylation is 3. The molecular weight excluding hydrogens is 263 g/mol. The van der Waals surface area contributed by atoms with E-state index in [2.05, 4.69) is 10.1 Å². The van der Waals surface area contributed by atoms with Crippen LogP contribution in [0.2, 0.25) is 0 Å². The van der Waals surface area contributed by atoms with E-state index >= 15 is 0 Å². The van der Waals surface area contributed by atoms with Crippen molar-refractivity contribution >= 4 is 23.3 Å². The highest BCUT2D eigenvalue weighted by molar-refractivity contribution is 7.71. The Labute approximate surface area is 114 Å². The average molecular weight is 276 g/mol. The summed E-state index contributed by atoms with van der Waals surface area (Å²) in [4.78, 5) is 3.03. The van der Waals surface area contributed by atoms with Crippen LogP contribution in [0.5, 0.6) is 0 Å². The van der Waals surface area contributed by atoms with Crippen molar-refractivity contribution in [2.24, 2.45) is 7.05 Å². The fraction of sp³-hybridized carbons (Fsp3) is 0.231. The number of hydrogen-bond donors (Lipinski definition) is 1. The molecule has 6 heteroatoms. The molecule has 4 nitrogen and oxygen atoms in total. The minimum atomic E-state index is -0.262. The fourth-order valence-corrected chi connectivity index (χ4v) is 2.53. The lowest BCUT2D eigenvalue weighted by Crippen LogP contribution is -2.05. The van der Waals surface area contributed by atoms with Gasteiger partial charge in [-0.1, -0.05) is 0 Å². The van der Waals surface area contributed by atoms with Crippen LogP contribution in [-0.2, 0) is 20.0 Å². The zero-order valence-corrected chi connectivity index (χ0v) is 11.2. The molecule has 0 saturated carbocycles. The number of benzene rings is 1. The maximum absolute atomic E-state index is 13.2. The number of nitrogens with zero attached hydrogens (tertiary/aromatic N) is 3. The molecule has 0 saturated heterocycles. The number of aromatic nitrogens is 4. The van der Waals surface area contributed by atoms with Crippen LogP contribution in [0.4, 0.5) is 4.39 Å². The third-order valence-corrected chi connectivity index (χ3v) is 3.57. The molecule has 0 fully saturated rings. The van der Waals surface area contributed by atoms with Gasteiger partial charge in [0.25, 0.3) is 0 Å². The molecule has 0 unspecified atom stereocenters. The van der Waals surface area contributed by atoms with Gasteiger partial charge in [0.1, 0.15) is 5.82 Å². The predicted molar refractivity (Wildman–Crippen MR) is 74.0 cm³/mol. The van der Waals surface area contributed by atoms with Crippen LogP contribution in [-0.4, -0.2) is 19.3 Å². The van der Waals surface area contributed by atoms with Gasteiger partial charge in [-0.2, -0.15) is 5.10 Å². The van der Waals surface area contributed by atoms with Crippen molar-refractivity contribution in [3.05, 3.63) is 46.7 Å². The molecule has 0 aliphatic heterocycles. The second-order valence-electron chi connectivity index (χ2n) is 4.44. The van der Waals surface area contributed by atoms with Crippen LogP contribution in [0.1, 0.15) is 5.69 Å². The summed E-state index contributed by atoms with van der Waals surface area (Å²) in [5.41, 5.74) is 2.79. The summed E-state index contributed by atoms with van der Waals surface area (Å²) in [5, 5.41) is 4.14. The highest BCUT2D eigenvalue weighted by atomic mass is 32.1. The summed E-state index contributed by atoms with van der Waals surface area (Å²) in [7, 11) is 1.92. The standard InChI is InChI=1S/C13H13FN4S/c1-17-10(4-6-15-17)5-7-18-12-3-2-9(14)8-11(12)16-13(18)19/h2-4,6,8H,5,7H2,1H3,(H,16,19). The van der Waals surface area contributed by atoms with E-state index in [9.17, 15) is 4.39 Å². The van der Waals surface area contributed by atoms with E-state index in [0.29, 0.717) is 4.77 Å². The van der Waals surface area contributed by atoms with Crippen LogP contribution < -0.4 is 0 Å². The maximum atomic E-state index is 13.2. The molecule has 19 heavy (non-hydrogen) atoms. The summed E-state index contributed by atoms with van der Waals surface area (Å²) in [6.45, 7) is 0.740. The third kappa shape index (κ3) is 2.19. The van der Waals surface area contributed by atoms with Gasteiger partial charge in [0.2, 0.25) is 0 Å². The lowest BCUT2D eigenvalue weighted by molar-refractivity contribution is 0.628. The summed E-state index contributed by atoms with van der Waals surface area (Å²) < 4.78 is 17.6. The predicted octanol–water partition coefficient (Wildman–Crippen LogP) is 2.81. The largest absolute Gasteiger partial charge is 0.330 e. The Morgan fingerprint density at radius 3 is 2.95 bits per heavy atom. The number of H-pyrrole nitrogens is 1. The number of nitrogens with one attached hydrogen (secondary N) is 1. The van der Waals surface area contributed by atoms with Crippen LogP contribution in [0.15, 0.2) is 30.5 Å². The number of halogens is 1. The van der Waals surface area contributed by atoms with E-state index in [1.807, 2.05) is 22.4 Å². The zero-order chi connectivity index (χ0) is 13.4. The molecule has 0 bridgehead atoms. The van der Waals surface area contributed by atoms with Gasteiger partial charge in [0, 0.05) is 31.9 Å². The van der Waals surface area contributed by atoms with Crippen molar-refractivity contribution in [3.8, 4) is 0 Å². The van der Waals surface area contributed by atoms with Crippen molar-refractivity contribution in [1.82, 2.24) is 19.3 Å². The summed E-state index contributed by atoms with van der Waals surface area (Å²) in [5.74, 6) is -0.262. The SMILES string of the molecule is Cn1nccc1CCn1c(=S)[nH]c2cc(F)ccc21. The smallest absolute Gasteiger partial charge is 0.178 e. The van der Waals surface area contributed by atoms with Gasteiger partial charge in [0.05, 0.1) is 11.0 Å². The van der Waals surface area contributed by atoms with Crippen molar-refractivity contribution < 1.29 is 4.39 Å². The Morgan fingerprint density at radius 2 is 2.21 bits per heavy atom. The summed E-state index contributed by atoms with van der Waals surface area (Å²) >= 11 is 5.29. The highest BCUT2D eigenvalue weighted by Crippen LogP contribution is 2.16. The molecule has 0 aliphatic carbocycles. The first kappa shape index (κ1) is 12.1. The van der Waals surface area contributed by atoms with Crippen molar-refractivity contribution in [2.45, 2.75) is 13.0 Å². The van der Waals surface area contributed by atoms with Crippen LogP contribution in [0.3, 0.4) is 0 Å². The van der Waals surface area contributed by atoms with Crippen molar-refractivity contribution in [3.63, 3.8) is 0 Å². The second-order valence-corrected chi connectivity index (χ2v) is 4.83. The number of aromatic amines is 1. The normalized spacial score (nSPS) is 11.3. The number of fused-ring (bicyclic) bond motifs is 1. The second kappa shape index (κ2) is 4.62. The molecule has 3 rings (SSSR count). The zero-order valence-electron chi connectivity index (χ0n) is 10.4. The van der Waals surface area contributed by atoms with Gasteiger partial charge < -0.3 is 9.55 Å². The fourth-order valence-electron chi connectivity index (χ4n) is 2.23. The van der Waals surface area contributed by atoms with E-state index in [0.717, 1.165) is 29.7 Å². The molecule has 0 amide bonds. The quantitative estimate of drug-likeness (QED) is 0.747. The minimum Gasteiger partial charge on any atom is -0.330 e. The first-order valence-electron chi connectivity index (χ1n) is 6.00. The molecule has 1 N–H and O–H groups in total. The molecule has 98 valence electrons. The Hall–Kier alpha value is -1.95. The molecular formula is C13H13FN4S. The topological polar surface area (TPSA) is 38.5 Å². The van der Waals surface area contributed by atoms with E-state index in [1.54, 1.807) is 12.3 Å². The molecule has 1 aromatic carbocycles. The Balaban J connectivity index is 1.95. The minimum absolute atomic E-state index is 0.262. The average Bonchev–Trinajstić information content (AvgIpc) is 2.90. The molecule has 2 aromatic heterocycles. The maximum Gasteiger partial charge on any atom is 0.178 e. The van der Waals surface area contributed by atoms with E-state index in [4.69, 9.17) is 12.2 Å². The monoisotopic (exact) mass is 276 g/mol.